The van der Waals surface area contributed by atoms with Crippen LogP contribution in [0.25, 0.3) is 21.5 Å². The molecule has 0 saturated carbocycles. The van der Waals surface area contributed by atoms with Gasteiger partial charge in [0.05, 0.1) is 19.6 Å². The van der Waals surface area contributed by atoms with Crippen molar-refractivity contribution in [3.8, 4) is 0 Å². The Hall–Kier alpha value is 1.04. The second-order valence-electron chi connectivity index (χ2n) is 7.10. The van der Waals surface area contributed by atoms with Crippen LogP contribution in [0.5, 0.6) is 0 Å². The molecule has 0 bridgehead atoms. The summed E-state index contributed by atoms with van der Waals surface area (Å²) in [4.78, 5) is -2.91. The largest absolute Gasteiger partial charge is 1.00 e. The number of benzene rings is 4. The van der Waals surface area contributed by atoms with Gasteiger partial charge in [0.15, 0.2) is 0 Å². The minimum Gasteiger partial charge on any atom is -0.744 e. The molecule has 4 rings (SSSR count). The van der Waals surface area contributed by atoms with Crippen LogP contribution in [-0.4, -0.2) is 51.9 Å². The minimum atomic E-state index is -4.87. The molecular weight excluding hydrogens is 652 g/mol. The van der Waals surface area contributed by atoms with Crippen molar-refractivity contribution < 1.29 is 170 Å². The number of hydrogen-bond donors (Lipinski definition) is 0. The van der Waals surface area contributed by atoms with E-state index in [0.717, 1.165) is 12.1 Å². The fourth-order valence-electron chi connectivity index (χ4n) is 3.20. The first kappa shape index (κ1) is 43.2. The zero-order valence-electron chi connectivity index (χ0n) is 21.5. The fraction of sp³-hybridized carbons (Fsp3) is 0. The summed E-state index contributed by atoms with van der Waals surface area (Å²) in [5, 5.41) is 0.563. The molecule has 40 heavy (non-hydrogen) atoms. The molecule has 0 atom stereocenters. The molecule has 0 N–H and O–H groups in total. The van der Waals surface area contributed by atoms with Gasteiger partial charge < -0.3 is 18.2 Å². The Morgan fingerprint density at radius 2 is 0.675 bits per heavy atom. The second kappa shape index (κ2) is 16.4. The van der Waals surface area contributed by atoms with Gasteiger partial charge in [0, 0.05) is 0 Å². The summed E-state index contributed by atoms with van der Waals surface area (Å²) < 4.78 is 132. The molecule has 4 aromatic rings. The van der Waals surface area contributed by atoms with Crippen LogP contribution in [0.1, 0.15) is 0 Å². The van der Waals surface area contributed by atoms with Crippen molar-refractivity contribution in [1.29, 1.82) is 0 Å². The van der Waals surface area contributed by atoms with Crippen LogP contribution in [0.15, 0.2) is 92.4 Å². The Labute approximate surface area is 319 Å². The normalized spacial score (nSPS) is 11.5. The van der Waals surface area contributed by atoms with Crippen LogP contribution in [0.4, 0.5) is 0 Å². The van der Waals surface area contributed by atoms with E-state index in [4.69, 9.17) is 0 Å². The third-order valence-electron chi connectivity index (χ3n) is 4.71. The summed E-state index contributed by atoms with van der Waals surface area (Å²) in [5.41, 5.74) is 0. The summed E-state index contributed by atoms with van der Waals surface area (Å²) in [7, 11) is -19.4. The van der Waals surface area contributed by atoms with Gasteiger partial charge in [-0.25, -0.2) is 33.7 Å². The summed E-state index contributed by atoms with van der Waals surface area (Å²) in [6.07, 6.45) is 0. The van der Waals surface area contributed by atoms with Gasteiger partial charge in [-0.3, -0.25) is 0 Å². The van der Waals surface area contributed by atoms with E-state index in [1.165, 1.54) is 48.5 Å². The van der Waals surface area contributed by atoms with Crippen molar-refractivity contribution >= 4 is 62.0 Å². The maximum absolute atomic E-state index is 11.1. The molecule has 20 heteroatoms. The maximum atomic E-state index is 11.1. The molecule has 12 nitrogen and oxygen atoms in total. The summed E-state index contributed by atoms with van der Waals surface area (Å²) in [6, 6.07) is 14.9. The summed E-state index contributed by atoms with van der Waals surface area (Å²) in [6.45, 7) is 0. The van der Waals surface area contributed by atoms with E-state index in [0.29, 0.717) is 12.1 Å². The average Bonchev–Trinajstić information content (AvgIpc) is 2.75. The van der Waals surface area contributed by atoms with Crippen LogP contribution in [-0.2, 0) is 40.5 Å². The smallest absolute Gasteiger partial charge is 0.744 e. The predicted octanol–water partition coefficient (Wildman–Crippen LogP) is -10.7. The zero-order valence-corrected chi connectivity index (χ0v) is 32.7. The first-order valence-corrected chi connectivity index (χ1v) is 14.9. The molecule has 0 heterocycles. The molecule has 0 aliphatic rings. The van der Waals surface area contributed by atoms with Gasteiger partial charge in [0.25, 0.3) is 0 Å². The van der Waals surface area contributed by atoms with Gasteiger partial charge >= 0.3 is 118 Å². The molecule has 4 aromatic carbocycles. The van der Waals surface area contributed by atoms with E-state index in [9.17, 15) is 51.9 Å². The monoisotopic (exact) mass is 664 g/mol. The van der Waals surface area contributed by atoms with Crippen LogP contribution >= 0.6 is 0 Å². The second-order valence-corrected chi connectivity index (χ2v) is 12.6. The van der Waals surface area contributed by atoms with E-state index in [-0.39, 0.29) is 140 Å². The number of rotatable bonds is 4. The van der Waals surface area contributed by atoms with E-state index in [2.05, 4.69) is 0 Å². The molecule has 0 spiro atoms. The predicted molar refractivity (Wildman–Crippen MR) is 120 cm³/mol. The van der Waals surface area contributed by atoms with E-state index < -0.39 is 60.1 Å². The van der Waals surface area contributed by atoms with Gasteiger partial charge in [0.1, 0.15) is 40.5 Å². The Balaban J connectivity index is 0. The molecule has 0 fully saturated rings. The minimum absolute atomic E-state index is 0. The topological polar surface area (TPSA) is 229 Å². The Morgan fingerprint density at radius 3 is 0.925 bits per heavy atom. The van der Waals surface area contributed by atoms with E-state index in [1.54, 1.807) is 0 Å². The Morgan fingerprint density at radius 1 is 0.400 bits per heavy atom. The molecule has 0 aliphatic carbocycles. The molecule has 0 aromatic heterocycles. The summed E-state index contributed by atoms with van der Waals surface area (Å²) in [5.74, 6) is 0. The molecule has 0 aliphatic heterocycles. The first-order valence-electron chi connectivity index (χ1n) is 9.28. The van der Waals surface area contributed by atoms with Crippen molar-refractivity contribution in [1.82, 2.24) is 0 Å². The quantitative estimate of drug-likeness (QED) is 0.146. The van der Waals surface area contributed by atoms with E-state index in [1.807, 2.05) is 0 Å². The van der Waals surface area contributed by atoms with Crippen LogP contribution < -0.4 is 118 Å². The van der Waals surface area contributed by atoms with Gasteiger partial charge in [0.2, 0.25) is 0 Å². The van der Waals surface area contributed by atoms with Crippen LogP contribution in [0.3, 0.4) is 0 Å². The fourth-order valence-corrected chi connectivity index (χ4v) is 5.87. The first-order chi connectivity index (χ1) is 16.4. The molecule has 0 radical (unpaired) electrons. The van der Waals surface area contributed by atoms with Crippen molar-refractivity contribution in [2.45, 2.75) is 19.6 Å². The van der Waals surface area contributed by atoms with Gasteiger partial charge in [-0.15, -0.1) is 0 Å². The van der Waals surface area contributed by atoms with Crippen molar-refractivity contribution in [2.24, 2.45) is 0 Å². The van der Waals surface area contributed by atoms with Gasteiger partial charge in [-0.2, -0.15) is 0 Å². The molecule has 0 unspecified atom stereocenters. The molecule has 192 valence electrons. The molecule has 0 amide bonds. The SMILES string of the molecule is O=S(=O)([O-])c1cc(S(=O)(=O)[O-])c2ccccc2c1.O=S(=O)([O-])c1cc(S(=O)(=O)[O-])c2ccccc2c1.[Na+].[Na+].[Na+].[Na+]. The Kier molecular flexibility index (Phi) is 17.7. The van der Waals surface area contributed by atoms with Gasteiger partial charge in [-0.05, 0) is 45.8 Å². The standard InChI is InChI=1S/2C10H8O6S2.4Na/c2*11-17(12,13)8-5-7-3-1-2-4-9(7)10(6-8)18(14,15)16;;;;/h2*1-6H,(H,11,12,13)(H,14,15,16);;;;/q;;4*+1/p-4. The number of fused-ring (bicyclic) bond motifs is 2. The summed E-state index contributed by atoms with van der Waals surface area (Å²) >= 11 is 0. The zero-order chi connectivity index (χ0) is 27.1. The van der Waals surface area contributed by atoms with Crippen molar-refractivity contribution in [2.75, 3.05) is 0 Å². The van der Waals surface area contributed by atoms with Gasteiger partial charge in [-0.1, -0.05) is 48.5 Å². The molecule has 0 saturated heterocycles. The van der Waals surface area contributed by atoms with Crippen molar-refractivity contribution in [3.05, 3.63) is 72.8 Å². The molecular formula is C20H12Na4O12S4. The van der Waals surface area contributed by atoms with Crippen molar-refractivity contribution in [3.63, 3.8) is 0 Å². The van der Waals surface area contributed by atoms with Crippen LogP contribution in [0.2, 0.25) is 0 Å². The average molecular weight is 665 g/mol. The maximum Gasteiger partial charge on any atom is 1.00 e. The third-order valence-corrected chi connectivity index (χ3v) is 8.09. The Bertz CT molecular complexity index is 1800. The third kappa shape index (κ3) is 11.2. The van der Waals surface area contributed by atoms with Crippen LogP contribution in [0, 0.1) is 0 Å². The van der Waals surface area contributed by atoms with E-state index >= 15 is 0 Å². The number of hydrogen-bond acceptors (Lipinski definition) is 12.